The smallest absolute Gasteiger partial charge is 0.293 e. The summed E-state index contributed by atoms with van der Waals surface area (Å²) in [5.41, 5.74) is 0.303. The molecule has 1 saturated heterocycles. The maximum Gasteiger partial charge on any atom is 0.293 e. The number of hydrogen-bond acceptors (Lipinski definition) is 6. The fraction of sp³-hybridized carbons (Fsp3) is 0.538. The van der Waals surface area contributed by atoms with E-state index < -0.39 is 5.91 Å². The molecule has 2 amide bonds. The molecule has 0 atom stereocenters. The Labute approximate surface area is 230 Å². The number of anilines is 1. The first-order chi connectivity index (χ1) is 17.5. The molecule has 3 rings (SSSR count). The maximum absolute atomic E-state index is 12.5. The summed E-state index contributed by atoms with van der Waals surface area (Å²) >= 11 is 12.1. The minimum atomic E-state index is -0.504. The molecule has 1 aromatic carbocycles. The number of nitrogens with zero attached hydrogens (tertiary/aromatic N) is 2. The lowest BCUT2D eigenvalue weighted by Crippen LogP contribution is -2.43. The molecule has 0 radical (unpaired) electrons. The summed E-state index contributed by atoms with van der Waals surface area (Å²) in [4.78, 5) is 36.8. The molecule has 0 spiro atoms. The predicted octanol–water partition coefficient (Wildman–Crippen LogP) is 5.80. The first-order valence-electron chi connectivity index (χ1n) is 12.4. The van der Waals surface area contributed by atoms with Gasteiger partial charge < -0.3 is 20.3 Å². The first kappa shape index (κ1) is 34.4. The number of piperidine rings is 1. The molecule has 208 valence electrons. The van der Waals surface area contributed by atoms with Crippen LogP contribution in [0.15, 0.2) is 24.4 Å². The van der Waals surface area contributed by atoms with E-state index in [4.69, 9.17) is 23.2 Å². The van der Waals surface area contributed by atoms with Crippen molar-refractivity contribution in [3.63, 3.8) is 0 Å². The van der Waals surface area contributed by atoms with Crippen molar-refractivity contribution >= 4 is 47.2 Å². The van der Waals surface area contributed by atoms with Crippen molar-refractivity contribution in [1.29, 1.82) is 0 Å². The van der Waals surface area contributed by atoms with Gasteiger partial charge in [-0.2, -0.15) is 5.10 Å². The van der Waals surface area contributed by atoms with Crippen molar-refractivity contribution in [1.82, 2.24) is 20.4 Å². The summed E-state index contributed by atoms with van der Waals surface area (Å²) in [6.07, 6.45) is 3.15. The third-order valence-corrected chi connectivity index (χ3v) is 5.39. The van der Waals surface area contributed by atoms with Crippen molar-refractivity contribution in [2.45, 2.75) is 73.0 Å². The Balaban J connectivity index is 0.00000101. The number of benzene rings is 1. The zero-order valence-corrected chi connectivity index (χ0v) is 24.6. The lowest BCUT2D eigenvalue weighted by molar-refractivity contribution is -0.138. The second kappa shape index (κ2) is 17.8. The van der Waals surface area contributed by atoms with Crippen molar-refractivity contribution in [3.05, 3.63) is 45.7 Å². The molecule has 0 bridgehead atoms. The SMILES string of the molecule is CC.CC.CC(C)(C)OC=O.CN1CCC(NC(=O)c2[nH]ncc2NC(=O)c2c(Cl)cccc2Cl)CC1. The summed E-state index contributed by atoms with van der Waals surface area (Å²) in [6, 6.07) is 4.90. The van der Waals surface area contributed by atoms with Crippen LogP contribution in [0, 0.1) is 0 Å². The molecular formula is C26H41Cl2N5O4. The summed E-state index contributed by atoms with van der Waals surface area (Å²) in [6.45, 7) is 15.8. The molecule has 3 N–H and O–H groups in total. The second-order valence-electron chi connectivity index (χ2n) is 8.59. The lowest BCUT2D eigenvalue weighted by Gasteiger charge is -2.29. The highest BCUT2D eigenvalue weighted by Gasteiger charge is 2.23. The molecule has 1 aliphatic heterocycles. The average Bonchev–Trinajstić information content (AvgIpc) is 3.31. The van der Waals surface area contributed by atoms with E-state index in [1.54, 1.807) is 18.2 Å². The number of ether oxygens (including phenoxy) is 1. The summed E-state index contributed by atoms with van der Waals surface area (Å²) in [5, 5.41) is 12.6. The Morgan fingerprint density at radius 1 is 1.08 bits per heavy atom. The van der Waals surface area contributed by atoms with E-state index in [0.29, 0.717) is 6.47 Å². The summed E-state index contributed by atoms with van der Waals surface area (Å²) in [5.74, 6) is -0.812. The zero-order valence-electron chi connectivity index (χ0n) is 23.1. The van der Waals surface area contributed by atoms with E-state index in [1.807, 2.05) is 48.5 Å². The number of nitrogens with one attached hydrogen (secondary N) is 3. The van der Waals surface area contributed by atoms with Crippen LogP contribution in [0.25, 0.3) is 0 Å². The third kappa shape index (κ3) is 12.5. The number of rotatable bonds is 5. The van der Waals surface area contributed by atoms with Crippen LogP contribution in [0.5, 0.6) is 0 Å². The van der Waals surface area contributed by atoms with E-state index in [-0.39, 0.29) is 44.5 Å². The van der Waals surface area contributed by atoms with Gasteiger partial charge in [0.2, 0.25) is 0 Å². The number of H-pyrrole nitrogens is 1. The minimum Gasteiger partial charge on any atom is -0.462 e. The summed E-state index contributed by atoms with van der Waals surface area (Å²) in [7, 11) is 2.06. The minimum absolute atomic E-state index is 0.101. The highest BCUT2D eigenvalue weighted by Crippen LogP contribution is 2.25. The average molecular weight is 559 g/mol. The van der Waals surface area contributed by atoms with Gasteiger partial charge in [-0.25, -0.2) is 0 Å². The molecule has 2 aromatic rings. The highest BCUT2D eigenvalue weighted by atomic mass is 35.5. The van der Waals surface area contributed by atoms with Crippen LogP contribution < -0.4 is 10.6 Å². The molecule has 11 heteroatoms. The molecule has 0 saturated carbocycles. The van der Waals surface area contributed by atoms with Gasteiger partial charge in [0.1, 0.15) is 11.3 Å². The van der Waals surface area contributed by atoms with Crippen molar-refractivity contribution < 1.29 is 19.1 Å². The number of likely N-dealkylation sites (tertiary alicyclic amines) is 1. The maximum atomic E-state index is 12.5. The fourth-order valence-corrected chi connectivity index (χ4v) is 3.58. The molecule has 0 unspecified atom stereocenters. The van der Waals surface area contributed by atoms with Crippen molar-refractivity contribution in [2.75, 3.05) is 25.5 Å². The van der Waals surface area contributed by atoms with Gasteiger partial charge in [0.05, 0.1) is 27.5 Å². The van der Waals surface area contributed by atoms with E-state index >= 15 is 0 Å². The van der Waals surface area contributed by atoms with Crippen molar-refractivity contribution in [2.24, 2.45) is 0 Å². The van der Waals surface area contributed by atoms with Gasteiger partial charge >= 0.3 is 0 Å². The van der Waals surface area contributed by atoms with E-state index in [0.717, 1.165) is 25.9 Å². The Hall–Kier alpha value is -2.62. The lowest BCUT2D eigenvalue weighted by atomic mass is 10.1. The van der Waals surface area contributed by atoms with Gasteiger partial charge in [-0.1, -0.05) is 57.0 Å². The van der Waals surface area contributed by atoms with Crippen LogP contribution in [0.2, 0.25) is 10.0 Å². The number of carbonyl (C=O) groups is 3. The number of carbonyl (C=O) groups excluding carboxylic acids is 3. The van der Waals surface area contributed by atoms with Gasteiger partial charge in [-0.15, -0.1) is 0 Å². The Morgan fingerprint density at radius 3 is 2.08 bits per heavy atom. The van der Waals surface area contributed by atoms with Gasteiger partial charge in [-0.05, 0) is 65.9 Å². The molecule has 1 aromatic heterocycles. The number of aromatic amines is 1. The molecule has 9 nitrogen and oxygen atoms in total. The quantitative estimate of drug-likeness (QED) is 0.400. The first-order valence-corrected chi connectivity index (χ1v) is 13.2. The number of aromatic nitrogens is 2. The van der Waals surface area contributed by atoms with Crippen LogP contribution >= 0.6 is 23.2 Å². The summed E-state index contributed by atoms with van der Waals surface area (Å²) < 4.78 is 4.55. The Morgan fingerprint density at radius 2 is 1.62 bits per heavy atom. The standard InChI is InChI=1S/C17H19Cl2N5O2.C5H10O2.2C2H6/c1-24-7-5-10(6-8-24)21-17(26)15-13(9-20-23-15)22-16(25)14-11(18)3-2-4-12(14)19;1-5(2,3)7-4-6;2*1-2/h2-4,9-10H,5-8H2,1H3,(H,20,23)(H,21,26)(H,22,25);4H,1-3H3;2*1-2H3. The molecule has 37 heavy (non-hydrogen) atoms. The number of hydrogen-bond donors (Lipinski definition) is 3. The molecular weight excluding hydrogens is 517 g/mol. The number of amides is 2. The normalized spacial score (nSPS) is 13.4. The largest absolute Gasteiger partial charge is 0.462 e. The van der Waals surface area contributed by atoms with Gasteiger partial charge in [0, 0.05) is 6.04 Å². The van der Waals surface area contributed by atoms with Crippen LogP contribution in [-0.2, 0) is 9.53 Å². The highest BCUT2D eigenvalue weighted by molar-refractivity contribution is 6.40. The van der Waals surface area contributed by atoms with Crippen LogP contribution in [-0.4, -0.2) is 65.2 Å². The van der Waals surface area contributed by atoms with E-state index in [2.05, 4.69) is 37.5 Å². The van der Waals surface area contributed by atoms with Crippen LogP contribution in [0.4, 0.5) is 5.69 Å². The third-order valence-electron chi connectivity index (χ3n) is 4.76. The topological polar surface area (TPSA) is 116 Å². The Bertz CT molecular complexity index is 948. The van der Waals surface area contributed by atoms with Gasteiger partial charge in [0.25, 0.3) is 18.3 Å². The fourth-order valence-electron chi connectivity index (χ4n) is 3.01. The van der Waals surface area contributed by atoms with Crippen LogP contribution in [0.1, 0.15) is 82.2 Å². The molecule has 0 aliphatic carbocycles. The van der Waals surface area contributed by atoms with E-state index in [9.17, 15) is 14.4 Å². The zero-order chi connectivity index (χ0) is 28.6. The number of halogens is 2. The van der Waals surface area contributed by atoms with Crippen molar-refractivity contribution in [3.8, 4) is 0 Å². The molecule has 1 fully saturated rings. The van der Waals surface area contributed by atoms with Gasteiger partial charge in [-0.3, -0.25) is 19.5 Å². The predicted molar refractivity (Wildman–Crippen MR) is 151 cm³/mol. The monoisotopic (exact) mass is 557 g/mol. The Kier molecular flexibility index (Phi) is 16.5. The second-order valence-corrected chi connectivity index (χ2v) is 9.40. The molecule has 1 aliphatic rings. The van der Waals surface area contributed by atoms with Gasteiger partial charge in [0.15, 0.2) is 0 Å². The van der Waals surface area contributed by atoms with Crippen LogP contribution in [0.3, 0.4) is 0 Å². The molecule has 2 heterocycles. The van der Waals surface area contributed by atoms with E-state index in [1.165, 1.54) is 6.20 Å².